The summed E-state index contributed by atoms with van der Waals surface area (Å²) >= 11 is 10.2. The minimum Gasteiger partial charge on any atom is -0.493 e. The number of carbonyl (C=O) groups excluding carboxylic acids is 2. The van der Waals surface area contributed by atoms with Gasteiger partial charge in [-0.25, -0.2) is 0 Å². The fourth-order valence-corrected chi connectivity index (χ4v) is 4.81. The highest BCUT2D eigenvalue weighted by molar-refractivity contribution is 9.10. The molecule has 1 heterocycles. The summed E-state index contributed by atoms with van der Waals surface area (Å²) in [6.07, 6.45) is 3.68. The van der Waals surface area contributed by atoms with Crippen molar-refractivity contribution in [2.45, 2.75) is 26.3 Å². The zero-order chi connectivity index (χ0) is 23.8. The highest BCUT2D eigenvalue weighted by atomic mass is 79.9. The van der Waals surface area contributed by atoms with Gasteiger partial charge in [-0.15, -0.1) is 0 Å². The lowest BCUT2D eigenvalue weighted by molar-refractivity contribution is -0.123. The molecule has 0 unspecified atom stereocenters. The van der Waals surface area contributed by atoms with E-state index in [1.165, 1.54) is 18.9 Å². The SMILES string of the molecule is CCCCN1C(=O)/C(=C/c2cc(OC)c(OCC(=O)NCc3ccccc3)cc2Br)SC1=S. The van der Waals surface area contributed by atoms with Gasteiger partial charge in [0.1, 0.15) is 4.32 Å². The van der Waals surface area contributed by atoms with Crippen molar-refractivity contribution in [2.24, 2.45) is 0 Å². The van der Waals surface area contributed by atoms with E-state index in [-0.39, 0.29) is 18.4 Å². The van der Waals surface area contributed by atoms with E-state index in [1.54, 1.807) is 23.1 Å². The molecule has 0 aromatic heterocycles. The molecule has 0 aliphatic carbocycles. The molecule has 2 aromatic rings. The second kappa shape index (κ2) is 12.2. The molecule has 1 saturated heterocycles. The van der Waals surface area contributed by atoms with Crippen molar-refractivity contribution >= 4 is 62.1 Å². The van der Waals surface area contributed by atoms with Gasteiger partial charge in [0.25, 0.3) is 11.8 Å². The van der Waals surface area contributed by atoms with Crippen LogP contribution in [0.3, 0.4) is 0 Å². The zero-order valence-corrected chi connectivity index (χ0v) is 21.6. The van der Waals surface area contributed by atoms with Gasteiger partial charge >= 0.3 is 0 Å². The van der Waals surface area contributed by atoms with Gasteiger partial charge in [0.05, 0.1) is 12.0 Å². The van der Waals surface area contributed by atoms with E-state index >= 15 is 0 Å². The number of methoxy groups -OCH3 is 1. The van der Waals surface area contributed by atoms with E-state index in [4.69, 9.17) is 21.7 Å². The van der Waals surface area contributed by atoms with E-state index < -0.39 is 0 Å². The van der Waals surface area contributed by atoms with Crippen molar-refractivity contribution < 1.29 is 19.1 Å². The lowest BCUT2D eigenvalue weighted by Crippen LogP contribution is -2.28. The lowest BCUT2D eigenvalue weighted by Gasteiger charge is -2.14. The molecule has 33 heavy (non-hydrogen) atoms. The molecule has 0 bridgehead atoms. The number of halogens is 1. The molecule has 2 amide bonds. The number of nitrogens with one attached hydrogen (secondary N) is 1. The Morgan fingerprint density at radius 3 is 2.70 bits per heavy atom. The number of hydrogen-bond donors (Lipinski definition) is 1. The van der Waals surface area contributed by atoms with Crippen molar-refractivity contribution in [1.82, 2.24) is 10.2 Å². The molecular formula is C24H25BrN2O4S2. The molecule has 174 valence electrons. The first-order valence-electron chi connectivity index (χ1n) is 10.5. The Morgan fingerprint density at radius 1 is 1.24 bits per heavy atom. The van der Waals surface area contributed by atoms with E-state index in [0.29, 0.717) is 38.3 Å². The van der Waals surface area contributed by atoms with Crippen molar-refractivity contribution in [1.29, 1.82) is 0 Å². The van der Waals surface area contributed by atoms with Gasteiger partial charge in [-0.2, -0.15) is 0 Å². The van der Waals surface area contributed by atoms with Crippen molar-refractivity contribution in [3.8, 4) is 11.5 Å². The average Bonchev–Trinajstić information content (AvgIpc) is 3.08. The van der Waals surface area contributed by atoms with E-state index in [1.807, 2.05) is 30.3 Å². The molecule has 6 nitrogen and oxygen atoms in total. The van der Waals surface area contributed by atoms with Crippen LogP contribution in [0.4, 0.5) is 0 Å². The van der Waals surface area contributed by atoms with Crippen molar-refractivity contribution in [2.75, 3.05) is 20.3 Å². The Balaban J connectivity index is 1.67. The average molecular weight is 550 g/mol. The van der Waals surface area contributed by atoms with E-state index in [2.05, 4.69) is 28.2 Å². The number of unbranched alkanes of at least 4 members (excludes halogenated alkanes) is 1. The number of ether oxygens (including phenoxy) is 2. The number of benzene rings is 2. The summed E-state index contributed by atoms with van der Waals surface area (Å²) in [5, 5.41) is 2.83. The minimum absolute atomic E-state index is 0.0836. The van der Waals surface area contributed by atoms with Gasteiger partial charge in [0.15, 0.2) is 18.1 Å². The maximum Gasteiger partial charge on any atom is 0.266 e. The Kier molecular flexibility index (Phi) is 9.34. The quantitative estimate of drug-likeness (QED) is 0.327. The second-order valence-electron chi connectivity index (χ2n) is 7.26. The van der Waals surface area contributed by atoms with Crippen LogP contribution >= 0.6 is 39.9 Å². The number of thiocarbonyl (C=S) groups is 1. The first-order chi connectivity index (χ1) is 15.9. The molecule has 0 spiro atoms. The van der Waals surface area contributed by atoms with Gasteiger partial charge < -0.3 is 14.8 Å². The van der Waals surface area contributed by atoms with Crippen LogP contribution in [0.1, 0.15) is 30.9 Å². The number of carbonyl (C=O) groups is 2. The van der Waals surface area contributed by atoms with Crippen molar-refractivity contribution in [3.63, 3.8) is 0 Å². The predicted molar refractivity (Wildman–Crippen MR) is 139 cm³/mol. The fraction of sp³-hybridized carbons (Fsp3) is 0.292. The summed E-state index contributed by atoms with van der Waals surface area (Å²) in [5.74, 6) is 0.560. The van der Waals surface area contributed by atoms with Crippen LogP contribution in [0, 0.1) is 0 Å². The molecule has 0 radical (unpaired) electrons. The van der Waals surface area contributed by atoms with Crippen LogP contribution in [-0.2, 0) is 16.1 Å². The first-order valence-corrected chi connectivity index (χ1v) is 12.5. The van der Waals surface area contributed by atoms with Crippen LogP contribution in [0.5, 0.6) is 11.5 Å². The third-order valence-electron chi connectivity index (χ3n) is 4.87. The maximum atomic E-state index is 12.7. The van der Waals surface area contributed by atoms with Gasteiger partial charge in [-0.1, -0.05) is 83.6 Å². The van der Waals surface area contributed by atoms with E-state index in [0.717, 1.165) is 24.0 Å². The Labute approximate surface area is 211 Å². The predicted octanol–water partition coefficient (Wildman–Crippen LogP) is 5.15. The standard InChI is InChI=1S/C24H25BrN2O4S2/c1-3-4-10-27-23(29)21(33-24(27)32)12-17-11-19(30-2)20(13-18(17)25)31-15-22(28)26-14-16-8-6-5-7-9-16/h5-9,11-13H,3-4,10,14-15H2,1-2H3,(H,26,28)/b21-12-. The normalized spacial score (nSPS) is 14.6. The number of thioether (sulfide) groups is 1. The summed E-state index contributed by atoms with van der Waals surface area (Å²) in [6.45, 7) is 2.99. The van der Waals surface area contributed by atoms with Gasteiger partial charge in [-0.05, 0) is 35.8 Å². The van der Waals surface area contributed by atoms with Gasteiger partial charge in [-0.3, -0.25) is 14.5 Å². The molecule has 9 heteroatoms. The molecule has 3 rings (SSSR count). The summed E-state index contributed by atoms with van der Waals surface area (Å²) in [6, 6.07) is 13.1. The minimum atomic E-state index is -0.239. The third-order valence-corrected chi connectivity index (χ3v) is 6.93. The number of rotatable bonds is 10. The second-order valence-corrected chi connectivity index (χ2v) is 9.79. The maximum absolute atomic E-state index is 12.7. The fourth-order valence-electron chi connectivity index (χ4n) is 3.07. The first kappa shape index (κ1) is 25.3. The summed E-state index contributed by atoms with van der Waals surface area (Å²) in [7, 11) is 1.53. The summed E-state index contributed by atoms with van der Waals surface area (Å²) in [5.41, 5.74) is 1.76. The highest BCUT2D eigenvalue weighted by Gasteiger charge is 2.31. The molecule has 1 fully saturated rings. The number of amides is 2. The molecule has 2 aromatic carbocycles. The molecule has 1 N–H and O–H groups in total. The molecule has 0 saturated carbocycles. The van der Waals surface area contributed by atoms with Crippen LogP contribution in [0.2, 0.25) is 0 Å². The van der Waals surface area contributed by atoms with Crippen LogP contribution in [0.25, 0.3) is 6.08 Å². The molecular weight excluding hydrogens is 524 g/mol. The molecule has 1 aliphatic rings. The topological polar surface area (TPSA) is 67.9 Å². The Hall–Kier alpha value is -2.36. The zero-order valence-electron chi connectivity index (χ0n) is 18.4. The van der Waals surface area contributed by atoms with Gasteiger partial charge in [0, 0.05) is 17.6 Å². The summed E-state index contributed by atoms with van der Waals surface area (Å²) in [4.78, 5) is 27.1. The molecule has 0 atom stereocenters. The lowest BCUT2D eigenvalue weighted by atomic mass is 10.1. The smallest absolute Gasteiger partial charge is 0.266 e. The van der Waals surface area contributed by atoms with E-state index in [9.17, 15) is 9.59 Å². The van der Waals surface area contributed by atoms with Crippen LogP contribution in [-0.4, -0.2) is 41.3 Å². The van der Waals surface area contributed by atoms with Gasteiger partial charge in [0.2, 0.25) is 0 Å². The van der Waals surface area contributed by atoms with Crippen LogP contribution in [0.15, 0.2) is 51.8 Å². The summed E-state index contributed by atoms with van der Waals surface area (Å²) < 4.78 is 12.4. The third kappa shape index (κ3) is 6.82. The largest absolute Gasteiger partial charge is 0.493 e. The number of nitrogens with zero attached hydrogens (tertiary/aromatic N) is 1. The van der Waals surface area contributed by atoms with Crippen molar-refractivity contribution in [3.05, 3.63) is 63.0 Å². The van der Waals surface area contributed by atoms with Crippen LogP contribution < -0.4 is 14.8 Å². The molecule has 1 aliphatic heterocycles. The number of hydrogen-bond acceptors (Lipinski definition) is 6. The monoisotopic (exact) mass is 548 g/mol. The Morgan fingerprint density at radius 2 is 2.00 bits per heavy atom. The highest BCUT2D eigenvalue weighted by Crippen LogP contribution is 2.38. The Bertz CT molecular complexity index is 1060.